The zero-order valence-electron chi connectivity index (χ0n) is 23.7. The van der Waals surface area contributed by atoms with Gasteiger partial charge < -0.3 is 10.2 Å². The molecule has 0 bridgehead atoms. The van der Waals surface area contributed by atoms with E-state index in [-0.39, 0.29) is 0 Å². The topological polar surface area (TPSA) is 64.8 Å². The first-order valence-electron chi connectivity index (χ1n) is 13.5. The molecule has 0 radical (unpaired) electrons. The van der Waals surface area contributed by atoms with Crippen molar-refractivity contribution in [2.24, 2.45) is 5.92 Å². The van der Waals surface area contributed by atoms with E-state index in [4.69, 9.17) is 0 Å². The zero-order valence-corrected chi connectivity index (χ0v) is 23.7. The number of allylic oxidation sites excluding steroid dienone is 2. The Bertz CT molecular complexity index is 1190. The van der Waals surface area contributed by atoms with Crippen molar-refractivity contribution in [3.8, 4) is 6.07 Å². The van der Waals surface area contributed by atoms with E-state index < -0.39 is 0 Å². The van der Waals surface area contributed by atoms with Gasteiger partial charge in [-0.05, 0) is 75.6 Å². The summed E-state index contributed by atoms with van der Waals surface area (Å²) in [5.74, 6) is 1.51. The molecule has 1 aromatic heterocycles. The Labute approximate surface area is 218 Å². The number of nitrogens with zero attached hydrogens (tertiary/aromatic N) is 4. The Balaban J connectivity index is 2.51. The lowest BCUT2D eigenvalue weighted by molar-refractivity contribution is 0.271. The smallest absolute Gasteiger partial charge is 0.156 e. The lowest BCUT2D eigenvalue weighted by atomic mass is 9.97. The van der Waals surface area contributed by atoms with Gasteiger partial charge in [0.25, 0.3) is 0 Å². The minimum absolute atomic E-state index is 0.491. The fraction of sp³-hybridized carbons (Fsp3) is 0.516. The van der Waals surface area contributed by atoms with Crippen LogP contribution in [-0.4, -0.2) is 28.2 Å². The van der Waals surface area contributed by atoms with Crippen LogP contribution in [0.25, 0.3) is 12.2 Å². The van der Waals surface area contributed by atoms with Gasteiger partial charge in [0.15, 0.2) is 5.82 Å². The van der Waals surface area contributed by atoms with Crippen LogP contribution >= 0.6 is 0 Å². The molecule has 0 aliphatic heterocycles. The van der Waals surface area contributed by atoms with E-state index in [1.54, 1.807) is 0 Å². The molecule has 0 saturated heterocycles. The Kier molecular flexibility index (Phi) is 11.7. The van der Waals surface area contributed by atoms with E-state index in [1.807, 2.05) is 26.0 Å². The van der Waals surface area contributed by atoms with Gasteiger partial charge in [-0.3, -0.25) is 0 Å². The summed E-state index contributed by atoms with van der Waals surface area (Å²) in [5, 5.41) is 24.1. The highest BCUT2D eigenvalue weighted by atomic mass is 15.2. The van der Waals surface area contributed by atoms with E-state index in [2.05, 4.69) is 92.4 Å². The van der Waals surface area contributed by atoms with E-state index >= 15 is 0 Å². The van der Waals surface area contributed by atoms with Gasteiger partial charge in [0.05, 0.1) is 17.3 Å². The molecule has 2 aromatic rings. The maximum absolute atomic E-state index is 9.41. The van der Waals surface area contributed by atoms with Crippen molar-refractivity contribution in [2.45, 2.75) is 93.2 Å². The molecule has 1 heterocycles. The largest absolute Gasteiger partial charge is 0.372 e. The molecule has 0 amide bonds. The van der Waals surface area contributed by atoms with Gasteiger partial charge in [0.2, 0.25) is 0 Å². The lowest BCUT2D eigenvalue weighted by Crippen LogP contribution is -2.36. The fourth-order valence-electron chi connectivity index (χ4n) is 4.60. The predicted octanol–water partition coefficient (Wildman–Crippen LogP) is 5.99. The number of rotatable bonds is 12. The Morgan fingerprint density at radius 1 is 1.11 bits per heavy atom. The normalized spacial score (nSPS) is 14.5. The van der Waals surface area contributed by atoms with E-state index in [0.29, 0.717) is 18.2 Å². The summed E-state index contributed by atoms with van der Waals surface area (Å²) in [6.07, 6.45) is 12.4. The molecule has 0 aliphatic rings. The van der Waals surface area contributed by atoms with Gasteiger partial charge in [0, 0.05) is 35.8 Å². The molecule has 0 fully saturated rings. The molecule has 2 atom stereocenters. The van der Waals surface area contributed by atoms with Crippen LogP contribution in [0.15, 0.2) is 30.0 Å². The van der Waals surface area contributed by atoms with Gasteiger partial charge >= 0.3 is 0 Å². The number of nitrogens with one attached hydrogen (secondary N) is 1. The maximum atomic E-state index is 9.41. The van der Waals surface area contributed by atoms with E-state index in [1.165, 1.54) is 25.0 Å². The number of anilines is 1. The summed E-state index contributed by atoms with van der Waals surface area (Å²) in [6, 6.07) is 8.62. The molecule has 0 spiro atoms. The molecule has 2 unspecified atom stereocenters. The molecule has 5 nitrogen and oxygen atoms in total. The van der Waals surface area contributed by atoms with Crippen LogP contribution in [0.4, 0.5) is 5.82 Å². The highest BCUT2D eigenvalue weighted by Crippen LogP contribution is 2.20. The molecule has 194 valence electrons. The first kappa shape index (κ1) is 29.1. The summed E-state index contributed by atoms with van der Waals surface area (Å²) < 4.78 is 0. The van der Waals surface area contributed by atoms with Gasteiger partial charge in [-0.2, -0.15) is 10.4 Å². The monoisotopic (exact) mass is 487 g/mol. The molecule has 1 N–H and O–H groups in total. The van der Waals surface area contributed by atoms with Crippen LogP contribution in [0.1, 0.15) is 89.1 Å². The summed E-state index contributed by atoms with van der Waals surface area (Å²) in [5.41, 5.74) is 4.92. The van der Waals surface area contributed by atoms with Crippen LogP contribution in [0.5, 0.6) is 0 Å². The van der Waals surface area contributed by atoms with Crippen molar-refractivity contribution in [3.05, 3.63) is 62.8 Å². The van der Waals surface area contributed by atoms with Crippen molar-refractivity contribution in [3.63, 3.8) is 0 Å². The second-order valence-corrected chi connectivity index (χ2v) is 9.75. The lowest BCUT2D eigenvalue weighted by Gasteiger charge is -2.31. The average molecular weight is 488 g/mol. The first-order chi connectivity index (χ1) is 17.3. The maximum Gasteiger partial charge on any atom is 0.156 e. The van der Waals surface area contributed by atoms with Gasteiger partial charge in [-0.15, -0.1) is 5.10 Å². The van der Waals surface area contributed by atoms with Gasteiger partial charge in [-0.1, -0.05) is 58.4 Å². The Hall–Kier alpha value is -3.13. The summed E-state index contributed by atoms with van der Waals surface area (Å²) in [7, 11) is 2.23. The molecule has 0 aliphatic carbocycles. The first-order valence-corrected chi connectivity index (χ1v) is 13.5. The minimum Gasteiger partial charge on any atom is -0.372 e. The number of hydrogen-bond acceptors (Lipinski definition) is 5. The Morgan fingerprint density at radius 2 is 1.86 bits per heavy atom. The zero-order chi connectivity index (χ0) is 26.7. The SMILES string of the molecule is C/C=c1/c(C)nnc(NCc2cccc(C#N)c2C)/c1=C/C(=C/CC)N(C)C(CC)CCC(C)CC. The fourth-order valence-corrected chi connectivity index (χ4v) is 4.60. The molecule has 36 heavy (non-hydrogen) atoms. The second-order valence-electron chi connectivity index (χ2n) is 9.75. The molecule has 2 rings (SSSR count). The van der Waals surface area contributed by atoms with E-state index in [0.717, 1.165) is 51.8 Å². The highest BCUT2D eigenvalue weighted by Gasteiger charge is 2.16. The van der Waals surface area contributed by atoms with Crippen molar-refractivity contribution >= 4 is 18.0 Å². The third-order valence-electron chi connectivity index (χ3n) is 7.36. The van der Waals surface area contributed by atoms with Crippen molar-refractivity contribution < 1.29 is 0 Å². The number of aromatic nitrogens is 2. The van der Waals surface area contributed by atoms with Crippen LogP contribution in [0.3, 0.4) is 0 Å². The summed E-state index contributed by atoms with van der Waals surface area (Å²) in [6.45, 7) is 15.7. The molecule has 5 heteroatoms. The molecule has 0 saturated carbocycles. The van der Waals surface area contributed by atoms with Crippen LogP contribution in [0, 0.1) is 31.1 Å². The number of hydrogen-bond donors (Lipinski definition) is 1. The number of nitriles is 1. The van der Waals surface area contributed by atoms with Crippen LogP contribution in [0.2, 0.25) is 0 Å². The molecule has 1 aromatic carbocycles. The third-order valence-corrected chi connectivity index (χ3v) is 7.36. The standard InChI is InChI=1S/C31H45N5/c1-9-14-28(36(8)27(11-3)18-17-22(5)10-2)19-30-29(12-4)24(7)34-35-31(30)33-21-26-16-13-15-25(20-32)23(26)6/h12-16,19,22,27H,9-11,17-18,21H2,1-8H3,(H,33,35)/b28-14-,29-12-,30-19+. The predicted molar refractivity (Wildman–Crippen MR) is 153 cm³/mol. The van der Waals surface area contributed by atoms with Crippen molar-refractivity contribution in [2.75, 3.05) is 12.4 Å². The second kappa shape index (κ2) is 14.4. The molecular weight excluding hydrogens is 442 g/mol. The van der Waals surface area contributed by atoms with E-state index in [9.17, 15) is 5.26 Å². The number of benzene rings is 1. The Morgan fingerprint density at radius 3 is 2.47 bits per heavy atom. The average Bonchev–Trinajstić information content (AvgIpc) is 2.88. The van der Waals surface area contributed by atoms with Crippen LogP contribution in [-0.2, 0) is 6.54 Å². The third kappa shape index (κ3) is 7.43. The van der Waals surface area contributed by atoms with Gasteiger partial charge in [-0.25, -0.2) is 0 Å². The van der Waals surface area contributed by atoms with Crippen molar-refractivity contribution in [1.82, 2.24) is 15.1 Å². The molecular formula is C31H45N5. The number of aryl methyl sites for hydroxylation is 1. The van der Waals surface area contributed by atoms with Crippen molar-refractivity contribution in [1.29, 1.82) is 5.26 Å². The van der Waals surface area contributed by atoms with Crippen LogP contribution < -0.4 is 15.8 Å². The highest BCUT2D eigenvalue weighted by molar-refractivity contribution is 5.55. The summed E-state index contributed by atoms with van der Waals surface area (Å²) in [4.78, 5) is 2.45. The summed E-state index contributed by atoms with van der Waals surface area (Å²) >= 11 is 0. The minimum atomic E-state index is 0.491. The quantitative estimate of drug-likeness (QED) is 0.398. The van der Waals surface area contributed by atoms with Gasteiger partial charge in [0.1, 0.15) is 0 Å².